The Kier molecular flexibility index (Phi) is 2.86. The van der Waals surface area contributed by atoms with E-state index in [-0.39, 0.29) is 6.10 Å². The van der Waals surface area contributed by atoms with Crippen LogP contribution in [0.5, 0.6) is 0 Å². The smallest absolute Gasteiger partial charge is 0.193 e. The van der Waals surface area contributed by atoms with Crippen molar-refractivity contribution in [2.45, 2.75) is 29.9 Å². The van der Waals surface area contributed by atoms with Crippen LogP contribution in [0.4, 0.5) is 0 Å². The predicted octanol–water partition coefficient (Wildman–Crippen LogP) is 2.69. The van der Waals surface area contributed by atoms with Crippen molar-refractivity contribution >= 4 is 23.4 Å². The van der Waals surface area contributed by atoms with Crippen LogP contribution in [0.3, 0.4) is 0 Å². The molecule has 1 aliphatic carbocycles. The number of furan rings is 1. The third-order valence-corrected chi connectivity index (χ3v) is 3.88. The first-order valence-corrected chi connectivity index (χ1v) is 5.72. The number of rotatable bonds is 3. The summed E-state index contributed by atoms with van der Waals surface area (Å²) in [6.45, 7) is 0. The molecule has 1 aromatic heterocycles. The van der Waals surface area contributed by atoms with Crippen LogP contribution in [-0.4, -0.2) is 16.5 Å². The number of aliphatic hydroxyl groups excluding tert-OH is 1. The van der Waals surface area contributed by atoms with E-state index in [1.165, 1.54) is 0 Å². The zero-order valence-electron chi connectivity index (χ0n) is 7.07. The molecule has 0 saturated heterocycles. The number of hydrogen-bond donors (Lipinski definition) is 1. The molecule has 1 fully saturated rings. The first kappa shape index (κ1) is 9.44. The number of hydrogen-bond acceptors (Lipinski definition) is 3. The van der Waals surface area contributed by atoms with Gasteiger partial charge in [0, 0.05) is 5.25 Å². The monoisotopic (exact) mass is 218 g/mol. The normalized spacial score (nSPS) is 27.2. The van der Waals surface area contributed by atoms with Crippen molar-refractivity contribution in [2.75, 3.05) is 0 Å². The highest BCUT2D eigenvalue weighted by Gasteiger charge is 2.29. The minimum Gasteiger partial charge on any atom is -0.449 e. The first-order valence-electron chi connectivity index (χ1n) is 4.29. The summed E-state index contributed by atoms with van der Waals surface area (Å²) in [5.74, 6) is 1.68. The van der Waals surface area contributed by atoms with Crippen molar-refractivity contribution in [3.63, 3.8) is 0 Å². The standard InChI is InChI=1S/C9H11ClO2S/c10-9-4-1-6(12-9)5-13-8-3-2-7(8)11/h1,4,7-8,11H,2-3,5H2/t7-,8-/m1/s1. The van der Waals surface area contributed by atoms with E-state index < -0.39 is 0 Å². The second-order valence-electron chi connectivity index (χ2n) is 3.20. The van der Waals surface area contributed by atoms with Crippen LogP contribution in [0.15, 0.2) is 16.5 Å². The lowest BCUT2D eigenvalue weighted by Gasteiger charge is -2.31. The molecule has 1 N–H and O–H groups in total. The highest BCUT2D eigenvalue weighted by atomic mass is 35.5. The van der Waals surface area contributed by atoms with Gasteiger partial charge in [-0.2, -0.15) is 0 Å². The fourth-order valence-corrected chi connectivity index (χ4v) is 2.62. The fraction of sp³-hybridized carbons (Fsp3) is 0.556. The molecule has 0 spiro atoms. The molecule has 2 nitrogen and oxygen atoms in total. The van der Waals surface area contributed by atoms with Crippen molar-refractivity contribution in [1.29, 1.82) is 0 Å². The molecule has 0 amide bonds. The molecule has 13 heavy (non-hydrogen) atoms. The van der Waals surface area contributed by atoms with E-state index in [2.05, 4.69) is 0 Å². The molecule has 2 rings (SSSR count). The molecule has 0 bridgehead atoms. The Hall–Kier alpha value is -0.120. The maximum atomic E-state index is 9.31. The Morgan fingerprint density at radius 2 is 2.38 bits per heavy atom. The van der Waals surface area contributed by atoms with Gasteiger partial charge in [0.2, 0.25) is 0 Å². The maximum Gasteiger partial charge on any atom is 0.193 e. The summed E-state index contributed by atoms with van der Waals surface area (Å²) in [5.41, 5.74) is 0. The summed E-state index contributed by atoms with van der Waals surface area (Å²) >= 11 is 7.36. The maximum absolute atomic E-state index is 9.31. The predicted molar refractivity (Wildman–Crippen MR) is 54.0 cm³/mol. The molecule has 0 unspecified atom stereocenters. The van der Waals surface area contributed by atoms with Crippen molar-refractivity contribution < 1.29 is 9.52 Å². The number of thioether (sulfide) groups is 1. The van der Waals surface area contributed by atoms with Crippen LogP contribution in [-0.2, 0) is 5.75 Å². The van der Waals surface area contributed by atoms with Gasteiger partial charge < -0.3 is 9.52 Å². The molecule has 1 heterocycles. The van der Waals surface area contributed by atoms with Gasteiger partial charge in [0.05, 0.1) is 11.9 Å². The lowest BCUT2D eigenvalue weighted by molar-refractivity contribution is 0.103. The van der Waals surface area contributed by atoms with E-state index in [1.807, 2.05) is 6.07 Å². The summed E-state index contributed by atoms with van der Waals surface area (Å²) in [6.07, 6.45) is 1.94. The minimum atomic E-state index is -0.115. The van der Waals surface area contributed by atoms with Gasteiger partial charge in [-0.05, 0) is 36.6 Å². The number of halogens is 1. The molecule has 1 saturated carbocycles. The van der Waals surface area contributed by atoms with Crippen molar-refractivity contribution in [3.8, 4) is 0 Å². The summed E-state index contributed by atoms with van der Waals surface area (Å²) in [4.78, 5) is 0. The zero-order valence-corrected chi connectivity index (χ0v) is 8.64. The minimum absolute atomic E-state index is 0.115. The van der Waals surface area contributed by atoms with Gasteiger partial charge in [-0.3, -0.25) is 0 Å². The van der Waals surface area contributed by atoms with Crippen LogP contribution in [0.25, 0.3) is 0 Å². The second kappa shape index (κ2) is 3.95. The summed E-state index contributed by atoms with van der Waals surface area (Å²) in [7, 11) is 0. The Balaban J connectivity index is 1.79. The molecule has 1 aromatic rings. The third-order valence-electron chi connectivity index (χ3n) is 2.24. The molecule has 1 aliphatic rings. The van der Waals surface area contributed by atoms with Crippen LogP contribution >= 0.6 is 23.4 Å². The first-order chi connectivity index (χ1) is 6.25. The highest BCUT2D eigenvalue weighted by Crippen LogP contribution is 2.34. The van der Waals surface area contributed by atoms with Gasteiger partial charge in [0.15, 0.2) is 5.22 Å². The molecular formula is C9H11ClO2S. The van der Waals surface area contributed by atoms with Crippen LogP contribution < -0.4 is 0 Å². The van der Waals surface area contributed by atoms with E-state index in [1.54, 1.807) is 17.8 Å². The quantitative estimate of drug-likeness (QED) is 0.847. The topological polar surface area (TPSA) is 33.4 Å². The molecule has 4 heteroatoms. The van der Waals surface area contributed by atoms with Crippen LogP contribution in [0.1, 0.15) is 18.6 Å². The largest absolute Gasteiger partial charge is 0.449 e. The van der Waals surface area contributed by atoms with Crippen LogP contribution in [0, 0.1) is 0 Å². The Morgan fingerprint density at radius 3 is 2.85 bits per heavy atom. The lowest BCUT2D eigenvalue weighted by Crippen LogP contribution is -2.33. The molecule has 0 radical (unpaired) electrons. The average Bonchev–Trinajstić information content (AvgIpc) is 2.49. The van der Waals surface area contributed by atoms with Gasteiger partial charge in [-0.1, -0.05) is 0 Å². The van der Waals surface area contributed by atoms with E-state index in [0.29, 0.717) is 10.5 Å². The van der Waals surface area contributed by atoms with E-state index >= 15 is 0 Å². The van der Waals surface area contributed by atoms with Gasteiger partial charge in [0.25, 0.3) is 0 Å². The molecule has 0 aliphatic heterocycles. The lowest BCUT2D eigenvalue weighted by atomic mass is 9.96. The molecule has 72 valence electrons. The Bertz CT molecular complexity index is 287. The molecular weight excluding hydrogens is 208 g/mol. The third kappa shape index (κ3) is 2.22. The SMILES string of the molecule is O[C@@H]1CC[C@H]1SCc1ccc(Cl)o1. The molecule has 2 atom stereocenters. The van der Waals surface area contributed by atoms with Gasteiger partial charge in [-0.25, -0.2) is 0 Å². The van der Waals surface area contributed by atoms with Gasteiger partial charge in [0.1, 0.15) is 5.76 Å². The van der Waals surface area contributed by atoms with Gasteiger partial charge >= 0.3 is 0 Å². The number of aliphatic hydroxyl groups is 1. The second-order valence-corrected chi connectivity index (χ2v) is 4.80. The highest BCUT2D eigenvalue weighted by molar-refractivity contribution is 7.99. The summed E-state index contributed by atoms with van der Waals surface area (Å²) in [5, 5.41) is 10.1. The molecule has 0 aromatic carbocycles. The van der Waals surface area contributed by atoms with Crippen LogP contribution in [0.2, 0.25) is 5.22 Å². The van der Waals surface area contributed by atoms with E-state index in [4.69, 9.17) is 16.0 Å². The fourth-order valence-electron chi connectivity index (χ4n) is 1.26. The van der Waals surface area contributed by atoms with E-state index in [9.17, 15) is 5.11 Å². The average molecular weight is 219 g/mol. The Morgan fingerprint density at radius 1 is 1.54 bits per heavy atom. The van der Waals surface area contributed by atoms with Crippen molar-refractivity contribution in [1.82, 2.24) is 0 Å². The van der Waals surface area contributed by atoms with Crippen molar-refractivity contribution in [2.24, 2.45) is 0 Å². The van der Waals surface area contributed by atoms with Gasteiger partial charge in [-0.15, -0.1) is 11.8 Å². The van der Waals surface area contributed by atoms with Crippen molar-refractivity contribution in [3.05, 3.63) is 23.1 Å². The van der Waals surface area contributed by atoms with E-state index in [0.717, 1.165) is 24.4 Å². The zero-order chi connectivity index (χ0) is 9.26. The Labute approximate surface area is 86.3 Å². The summed E-state index contributed by atoms with van der Waals surface area (Å²) in [6, 6.07) is 3.62. The summed E-state index contributed by atoms with van der Waals surface area (Å²) < 4.78 is 5.20.